The summed E-state index contributed by atoms with van der Waals surface area (Å²) in [7, 11) is 0. The highest BCUT2D eigenvalue weighted by atomic mass is 14.4. The first kappa shape index (κ1) is 8.81. The highest BCUT2D eigenvalue weighted by Gasteiger charge is 2.36. The average molecular weight is 208 g/mol. The van der Waals surface area contributed by atoms with Crippen molar-refractivity contribution in [3.63, 3.8) is 0 Å². The molecule has 3 aliphatic carbocycles. The maximum Gasteiger partial charge on any atom is -0.00924 e. The lowest BCUT2D eigenvalue weighted by Crippen LogP contribution is -2.14. The van der Waals surface area contributed by atoms with Gasteiger partial charge in [-0.2, -0.15) is 0 Å². The van der Waals surface area contributed by atoms with Gasteiger partial charge in [-0.05, 0) is 47.0 Å². The van der Waals surface area contributed by atoms with Crippen LogP contribution in [0, 0.1) is 11.8 Å². The molecule has 0 heteroatoms. The normalized spacial score (nSPS) is 30.2. The molecule has 0 radical (unpaired) electrons. The van der Waals surface area contributed by atoms with E-state index < -0.39 is 0 Å². The van der Waals surface area contributed by atoms with E-state index >= 15 is 0 Å². The molecule has 0 aliphatic heterocycles. The minimum atomic E-state index is 0.844. The monoisotopic (exact) mass is 208 g/mol. The summed E-state index contributed by atoms with van der Waals surface area (Å²) >= 11 is 0. The summed E-state index contributed by atoms with van der Waals surface area (Å²) in [6, 6.07) is 8.84. The summed E-state index contributed by atoms with van der Waals surface area (Å²) in [5.74, 6) is 1.69. The quantitative estimate of drug-likeness (QED) is 0.596. The molecule has 0 spiro atoms. The fraction of sp³-hybridized carbons (Fsp3) is 0.375. The average Bonchev–Trinajstić information content (AvgIpc) is 2.85. The van der Waals surface area contributed by atoms with Gasteiger partial charge in [-0.25, -0.2) is 0 Å². The van der Waals surface area contributed by atoms with E-state index in [1.54, 1.807) is 11.1 Å². The number of hydrogen-bond acceptors (Lipinski definition) is 0. The number of fused-ring (bicyclic) bond motifs is 5. The standard InChI is InChI=1S/C16H16/c1-3-7-13-11(5-1)9-15-14-8-4-2-6-12(14)10-16(13)15/h1,3,5,7,9-10,12,14H,2,4,6,8H2/t12-,14-/m1/s1. The molecule has 1 aromatic carbocycles. The van der Waals surface area contributed by atoms with Gasteiger partial charge in [0.25, 0.3) is 0 Å². The van der Waals surface area contributed by atoms with E-state index in [0.717, 1.165) is 11.8 Å². The Balaban J connectivity index is 1.85. The molecule has 0 heterocycles. The maximum atomic E-state index is 2.56. The Kier molecular flexibility index (Phi) is 1.71. The van der Waals surface area contributed by atoms with Gasteiger partial charge in [-0.15, -0.1) is 0 Å². The molecule has 0 unspecified atom stereocenters. The van der Waals surface area contributed by atoms with Crippen LogP contribution in [0.3, 0.4) is 0 Å². The lowest BCUT2D eigenvalue weighted by atomic mass is 9.79. The Morgan fingerprint density at radius 2 is 1.88 bits per heavy atom. The van der Waals surface area contributed by atoms with Crippen molar-refractivity contribution in [2.45, 2.75) is 25.7 Å². The summed E-state index contributed by atoms with van der Waals surface area (Å²) in [5.41, 5.74) is 6.12. The number of hydrogen-bond donors (Lipinski definition) is 0. The van der Waals surface area contributed by atoms with E-state index in [0.29, 0.717) is 0 Å². The molecular formula is C16H16. The molecule has 0 N–H and O–H groups in total. The molecule has 3 aliphatic rings. The van der Waals surface area contributed by atoms with Crippen molar-refractivity contribution in [3.05, 3.63) is 47.0 Å². The Morgan fingerprint density at radius 1 is 1.00 bits per heavy atom. The molecule has 0 aromatic heterocycles. The van der Waals surface area contributed by atoms with Crippen molar-refractivity contribution in [2.24, 2.45) is 11.8 Å². The molecule has 4 rings (SSSR count). The topological polar surface area (TPSA) is 0 Å². The molecule has 80 valence electrons. The predicted octanol–water partition coefficient (Wildman–Crippen LogP) is 4.29. The number of benzene rings is 1. The Bertz CT molecular complexity index is 505. The molecule has 2 atom stereocenters. The lowest BCUT2D eigenvalue weighted by Gasteiger charge is -2.25. The SMILES string of the molecule is C1=C2C(=Cc3ccccc32)[C@@H]2CCCC[C@H]12. The smallest absolute Gasteiger partial charge is 0.00924 e. The predicted molar refractivity (Wildman–Crippen MR) is 67.8 cm³/mol. The van der Waals surface area contributed by atoms with Gasteiger partial charge in [0.1, 0.15) is 0 Å². The summed E-state index contributed by atoms with van der Waals surface area (Å²) in [4.78, 5) is 0. The lowest BCUT2D eigenvalue weighted by molar-refractivity contribution is 0.342. The molecular weight excluding hydrogens is 192 g/mol. The third-order valence-electron chi connectivity index (χ3n) is 4.47. The van der Waals surface area contributed by atoms with Gasteiger partial charge in [0.05, 0.1) is 0 Å². The van der Waals surface area contributed by atoms with Crippen LogP contribution in [0.15, 0.2) is 35.9 Å². The molecule has 1 aromatic rings. The summed E-state index contributed by atoms with van der Waals surface area (Å²) in [6.07, 6.45) is 10.7. The van der Waals surface area contributed by atoms with Gasteiger partial charge in [-0.1, -0.05) is 49.3 Å². The Labute approximate surface area is 96.7 Å². The Hall–Kier alpha value is -1.30. The van der Waals surface area contributed by atoms with Crippen molar-refractivity contribution >= 4 is 11.6 Å². The fourth-order valence-corrected chi connectivity index (χ4v) is 3.72. The number of allylic oxidation sites excluding steroid dienone is 3. The molecule has 0 bridgehead atoms. The summed E-state index contributed by atoms with van der Waals surface area (Å²) in [6.45, 7) is 0. The van der Waals surface area contributed by atoms with Crippen LogP contribution in [0.1, 0.15) is 36.8 Å². The van der Waals surface area contributed by atoms with E-state index in [1.165, 1.54) is 36.8 Å². The first-order valence-electron chi connectivity index (χ1n) is 6.47. The first-order chi connectivity index (χ1) is 7.93. The van der Waals surface area contributed by atoms with Gasteiger partial charge in [0.2, 0.25) is 0 Å². The molecule has 0 saturated heterocycles. The van der Waals surface area contributed by atoms with E-state index in [9.17, 15) is 0 Å². The zero-order valence-electron chi connectivity index (χ0n) is 9.45. The van der Waals surface area contributed by atoms with Crippen molar-refractivity contribution in [1.82, 2.24) is 0 Å². The van der Waals surface area contributed by atoms with Crippen LogP contribution in [0.4, 0.5) is 0 Å². The minimum absolute atomic E-state index is 0.844. The zero-order valence-corrected chi connectivity index (χ0v) is 9.45. The van der Waals surface area contributed by atoms with Crippen LogP contribution in [-0.4, -0.2) is 0 Å². The highest BCUT2D eigenvalue weighted by Crippen LogP contribution is 2.52. The van der Waals surface area contributed by atoms with Gasteiger partial charge >= 0.3 is 0 Å². The second kappa shape index (κ2) is 3.10. The number of rotatable bonds is 0. The van der Waals surface area contributed by atoms with E-state index in [2.05, 4.69) is 36.4 Å². The third-order valence-corrected chi connectivity index (χ3v) is 4.47. The van der Waals surface area contributed by atoms with Gasteiger partial charge in [-0.3, -0.25) is 0 Å². The third kappa shape index (κ3) is 1.05. The molecule has 1 saturated carbocycles. The van der Waals surface area contributed by atoms with Crippen LogP contribution in [0.5, 0.6) is 0 Å². The maximum absolute atomic E-state index is 2.56. The van der Waals surface area contributed by atoms with Crippen LogP contribution in [0.25, 0.3) is 11.6 Å². The van der Waals surface area contributed by atoms with Crippen LogP contribution < -0.4 is 0 Å². The van der Waals surface area contributed by atoms with Crippen molar-refractivity contribution in [3.8, 4) is 0 Å². The van der Waals surface area contributed by atoms with Crippen molar-refractivity contribution in [2.75, 3.05) is 0 Å². The Morgan fingerprint density at radius 3 is 2.88 bits per heavy atom. The fourth-order valence-electron chi connectivity index (χ4n) is 3.72. The first-order valence-corrected chi connectivity index (χ1v) is 6.47. The van der Waals surface area contributed by atoms with E-state index in [1.807, 2.05) is 0 Å². The molecule has 0 nitrogen and oxygen atoms in total. The minimum Gasteiger partial charge on any atom is -0.0726 e. The van der Waals surface area contributed by atoms with Crippen LogP contribution in [0.2, 0.25) is 0 Å². The van der Waals surface area contributed by atoms with Gasteiger partial charge in [0.15, 0.2) is 0 Å². The van der Waals surface area contributed by atoms with Crippen molar-refractivity contribution in [1.29, 1.82) is 0 Å². The van der Waals surface area contributed by atoms with Crippen LogP contribution >= 0.6 is 0 Å². The second-order valence-corrected chi connectivity index (χ2v) is 5.32. The van der Waals surface area contributed by atoms with Crippen LogP contribution in [-0.2, 0) is 0 Å². The molecule has 0 amide bonds. The highest BCUT2D eigenvalue weighted by molar-refractivity contribution is 5.96. The summed E-state index contributed by atoms with van der Waals surface area (Å²) in [5, 5.41) is 0. The molecule has 1 fully saturated rings. The second-order valence-electron chi connectivity index (χ2n) is 5.32. The van der Waals surface area contributed by atoms with Crippen molar-refractivity contribution < 1.29 is 0 Å². The van der Waals surface area contributed by atoms with Gasteiger partial charge < -0.3 is 0 Å². The largest absolute Gasteiger partial charge is 0.0726 e. The van der Waals surface area contributed by atoms with E-state index in [-0.39, 0.29) is 0 Å². The zero-order chi connectivity index (χ0) is 10.5. The van der Waals surface area contributed by atoms with E-state index in [4.69, 9.17) is 0 Å². The van der Waals surface area contributed by atoms with Gasteiger partial charge in [0, 0.05) is 0 Å². The molecule has 16 heavy (non-hydrogen) atoms. The summed E-state index contributed by atoms with van der Waals surface area (Å²) < 4.78 is 0.